The average Bonchev–Trinajstić information content (AvgIpc) is 3.49. The highest BCUT2D eigenvalue weighted by atomic mass is 16.6. The van der Waals surface area contributed by atoms with Crippen LogP contribution in [0, 0.1) is 0 Å². The first-order valence-electron chi connectivity index (χ1n) is 8.45. The van der Waals surface area contributed by atoms with Crippen molar-refractivity contribution in [2.75, 3.05) is 4.90 Å². The Bertz CT molecular complexity index is 937. The zero-order valence-electron chi connectivity index (χ0n) is 14.0. The van der Waals surface area contributed by atoms with Gasteiger partial charge in [-0.15, -0.1) is 0 Å². The number of hydrogen-bond donors (Lipinski definition) is 1. The number of nitrogens with zero attached hydrogens (tertiary/aromatic N) is 2. The summed E-state index contributed by atoms with van der Waals surface area (Å²) >= 11 is 0. The lowest BCUT2D eigenvalue weighted by atomic mass is 10.2. The number of anilines is 2. The predicted octanol–water partition coefficient (Wildman–Crippen LogP) is 3.62. The quantitative estimate of drug-likeness (QED) is 0.732. The zero-order chi connectivity index (χ0) is 17.9. The van der Waals surface area contributed by atoms with Crippen LogP contribution in [-0.2, 0) is 6.61 Å². The van der Waals surface area contributed by atoms with Crippen molar-refractivity contribution in [1.82, 2.24) is 4.98 Å². The smallest absolute Gasteiger partial charge is 0.366 e. The van der Waals surface area contributed by atoms with Gasteiger partial charge in [-0.25, -0.2) is 4.79 Å². The molecule has 0 radical (unpaired) electrons. The Morgan fingerprint density at radius 2 is 2.00 bits per heavy atom. The second-order valence-electron chi connectivity index (χ2n) is 6.17. The first-order chi connectivity index (χ1) is 12.7. The van der Waals surface area contributed by atoms with Crippen molar-refractivity contribution in [2.45, 2.75) is 25.5 Å². The summed E-state index contributed by atoms with van der Waals surface area (Å²) in [4.78, 5) is 18.4. The second-order valence-corrected chi connectivity index (χ2v) is 6.17. The van der Waals surface area contributed by atoms with Crippen LogP contribution in [0.25, 0.3) is 0 Å². The maximum atomic E-state index is 12.6. The van der Waals surface area contributed by atoms with Gasteiger partial charge in [0.1, 0.15) is 6.61 Å². The third-order valence-electron chi connectivity index (χ3n) is 4.18. The van der Waals surface area contributed by atoms with Crippen molar-refractivity contribution in [1.29, 1.82) is 0 Å². The van der Waals surface area contributed by atoms with Gasteiger partial charge in [0.25, 0.3) is 5.95 Å². The van der Waals surface area contributed by atoms with Gasteiger partial charge in [0, 0.05) is 29.7 Å². The molecule has 0 amide bonds. The molecule has 6 heteroatoms. The van der Waals surface area contributed by atoms with Gasteiger partial charge in [-0.3, -0.25) is 4.98 Å². The number of para-hydroxylation sites is 1. The van der Waals surface area contributed by atoms with Crippen molar-refractivity contribution in [3.05, 3.63) is 76.9 Å². The maximum absolute atomic E-state index is 12.6. The van der Waals surface area contributed by atoms with Crippen LogP contribution in [0.15, 0.2) is 70.1 Å². The van der Waals surface area contributed by atoms with Crippen LogP contribution < -0.4 is 15.3 Å². The molecular weight excluding hydrogens is 332 g/mol. The molecule has 0 spiro atoms. The topological polar surface area (TPSA) is 75.8 Å². The third-order valence-corrected chi connectivity index (χ3v) is 4.18. The van der Waals surface area contributed by atoms with E-state index >= 15 is 0 Å². The minimum absolute atomic E-state index is 0.0242. The Balaban J connectivity index is 1.62. The van der Waals surface area contributed by atoms with Gasteiger partial charge >= 0.3 is 5.63 Å². The van der Waals surface area contributed by atoms with E-state index in [0.717, 1.165) is 24.1 Å². The number of aromatic hydroxyl groups is 1. The molecule has 1 aliphatic carbocycles. The monoisotopic (exact) mass is 350 g/mol. The van der Waals surface area contributed by atoms with Crippen LogP contribution in [-0.4, -0.2) is 16.1 Å². The van der Waals surface area contributed by atoms with Crippen molar-refractivity contribution in [3.8, 4) is 11.7 Å². The molecule has 132 valence electrons. The van der Waals surface area contributed by atoms with E-state index in [2.05, 4.69) is 4.98 Å². The molecule has 4 rings (SSSR count). The van der Waals surface area contributed by atoms with E-state index in [0.29, 0.717) is 0 Å². The van der Waals surface area contributed by atoms with E-state index in [9.17, 15) is 9.90 Å². The van der Waals surface area contributed by atoms with Gasteiger partial charge in [0.15, 0.2) is 11.4 Å². The Morgan fingerprint density at radius 1 is 1.19 bits per heavy atom. The van der Waals surface area contributed by atoms with Gasteiger partial charge in [-0.1, -0.05) is 24.3 Å². The summed E-state index contributed by atoms with van der Waals surface area (Å²) < 4.78 is 10.8. The fourth-order valence-electron chi connectivity index (χ4n) is 2.83. The second kappa shape index (κ2) is 6.92. The summed E-state index contributed by atoms with van der Waals surface area (Å²) in [5.74, 6) is -0.179. The number of aromatic nitrogens is 1. The first kappa shape index (κ1) is 16.2. The normalized spacial score (nSPS) is 13.4. The van der Waals surface area contributed by atoms with Crippen molar-refractivity contribution in [3.63, 3.8) is 0 Å². The minimum Gasteiger partial charge on any atom is -0.505 e. The lowest BCUT2D eigenvalue weighted by molar-refractivity contribution is 0.218. The molecule has 1 aromatic carbocycles. The SMILES string of the molecule is O=c1oc(OCc2cccnc2)cc(O)c1N(c1ccccc1)C1CC1. The highest BCUT2D eigenvalue weighted by molar-refractivity contribution is 5.69. The molecule has 2 aromatic heterocycles. The molecule has 1 fully saturated rings. The van der Waals surface area contributed by atoms with E-state index in [-0.39, 0.29) is 30.0 Å². The molecule has 1 saturated carbocycles. The van der Waals surface area contributed by atoms with Gasteiger partial charge < -0.3 is 19.2 Å². The molecule has 0 aliphatic heterocycles. The van der Waals surface area contributed by atoms with E-state index in [1.54, 1.807) is 18.5 Å². The Hall–Kier alpha value is -3.28. The Labute approximate surface area is 150 Å². The highest BCUT2D eigenvalue weighted by Crippen LogP contribution is 2.41. The molecule has 3 aromatic rings. The first-order valence-corrected chi connectivity index (χ1v) is 8.45. The fraction of sp³-hybridized carbons (Fsp3) is 0.200. The number of rotatable bonds is 6. The van der Waals surface area contributed by atoms with Crippen molar-refractivity contribution < 1.29 is 14.3 Å². The van der Waals surface area contributed by atoms with E-state index in [4.69, 9.17) is 9.15 Å². The average molecular weight is 350 g/mol. The molecule has 1 N–H and O–H groups in total. The molecule has 0 saturated heterocycles. The van der Waals surface area contributed by atoms with Gasteiger partial charge in [-0.2, -0.15) is 0 Å². The molecule has 26 heavy (non-hydrogen) atoms. The maximum Gasteiger partial charge on any atom is 0.366 e. The number of hydrogen-bond acceptors (Lipinski definition) is 6. The van der Waals surface area contributed by atoms with Crippen LogP contribution >= 0.6 is 0 Å². The van der Waals surface area contributed by atoms with Gasteiger partial charge in [-0.05, 0) is 31.0 Å². The summed E-state index contributed by atoms with van der Waals surface area (Å²) in [7, 11) is 0. The zero-order valence-corrected chi connectivity index (χ0v) is 14.0. The lowest BCUT2D eigenvalue weighted by Gasteiger charge is -2.24. The summed E-state index contributed by atoms with van der Waals surface area (Å²) in [5, 5.41) is 10.5. The Morgan fingerprint density at radius 3 is 2.65 bits per heavy atom. The van der Waals surface area contributed by atoms with Crippen LogP contribution in [0.3, 0.4) is 0 Å². The Kier molecular flexibility index (Phi) is 4.31. The molecule has 0 bridgehead atoms. The van der Waals surface area contributed by atoms with Crippen LogP contribution in [0.2, 0.25) is 0 Å². The van der Waals surface area contributed by atoms with Crippen LogP contribution in [0.1, 0.15) is 18.4 Å². The highest BCUT2D eigenvalue weighted by Gasteiger charge is 2.34. The van der Waals surface area contributed by atoms with Crippen molar-refractivity contribution in [2.24, 2.45) is 0 Å². The molecular formula is C20H18N2O4. The minimum atomic E-state index is -0.623. The predicted molar refractivity (Wildman–Crippen MR) is 96.8 cm³/mol. The van der Waals surface area contributed by atoms with E-state index in [1.165, 1.54) is 6.07 Å². The molecule has 0 atom stereocenters. The van der Waals surface area contributed by atoms with Crippen molar-refractivity contribution >= 4 is 11.4 Å². The molecule has 6 nitrogen and oxygen atoms in total. The molecule has 1 aliphatic rings. The van der Waals surface area contributed by atoms with Crippen LogP contribution in [0.4, 0.5) is 11.4 Å². The number of benzene rings is 1. The molecule has 2 heterocycles. The lowest BCUT2D eigenvalue weighted by Crippen LogP contribution is -2.25. The number of pyridine rings is 1. The molecule has 0 unspecified atom stereocenters. The standard InChI is InChI=1S/C20H18N2O4/c23-17-11-18(25-13-14-5-4-10-21-12-14)26-20(24)19(17)22(16-8-9-16)15-6-2-1-3-7-15/h1-7,10-12,16,23H,8-9,13H2. The van der Waals surface area contributed by atoms with E-state index in [1.807, 2.05) is 41.3 Å². The summed E-state index contributed by atoms with van der Waals surface area (Å²) in [5.41, 5.74) is 1.21. The third kappa shape index (κ3) is 3.39. The van der Waals surface area contributed by atoms with Gasteiger partial charge in [0.2, 0.25) is 0 Å². The summed E-state index contributed by atoms with van der Waals surface area (Å²) in [6.45, 7) is 0.195. The largest absolute Gasteiger partial charge is 0.505 e. The fourth-order valence-corrected chi connectivity index (χ4v) is 2.83. The summed E-state index contributed by atoms with van der Waals surface area (Å²) in [6.07, 6.45) is 5.26. The van der Waals surface area contributed by atoms with E-state index < -0.39 is 5.63 Å². The van der Waals surface area contributed by atoms with Crippen LogP contribution in [0.5, 0.6) is 11.7 Å². The summed E-state index contributed by atoms with van der Waals surface area (Å²) in [6, 6.07) is 14.7. The number of ether oxygens (including phenoxy) is 1. The van der Waals surface area contributed by atoms with Gasteiger partial charge in [0.05, 0.1) is 6.07 Å².